The van der Waals surface area contributed by atoms with Gasteiger partial charge in [0.05, 0.1) is 18.1 Å². The molecule has 1 saturated heterocycles. The number of β-lactam (4-membered cyclic amide) rings is 1. The van der Waals surface area contributed by atoms with Crippen LogP contribution in [-0.4, -0.2) is 61.9 Å². The van der Waals surface area contributed by atoms with Gasteiger partial charge < -0.3 is 25.0 Å². The molecule has 1 fully saturated rings. The van der Waals surface area contributed by atoms with E-state index in [0.717, 1.165) is 17.3 Å². The van der Waals surface area contributed by atoms with Crippen LogP contribution in [0.4, 0.5) is 0 Å². The molecule has 0 aromatic carbocycles. The lowest BCUT2D eigenvalue weighted by atomic mass is 9.79. The number of carboxylic acids is 1. The van der Waals surface area contributed by atoms with Crippen LogP contribution >= 0.6 is 11.8 Å². The standard InChI is InChI=1S/C17H20N4O5S/c1-6-4-9(5-18-6)14-19-17(26-20-14)27-13-7(2)11-10(8(3)22)15(23)21(11)12(13)16(24)25/h4,6-8,10-11,18,22H,5H2,1-3H3,(H,24,25)/t6-,7-,8-,10-,11-/m1/s1. The van der Waals surface area contributed by atoms with Crippen LogP contribution in [0.3, 0.4) is 0 Å². The number of carbonyl (C=O) groups excluding carboxylic acids is 1. The van der Waals surface area contributed by atoms with Gasteiger partial charge in [-0.15, -0.1) is 0 Å². The van der Waals surface area contributed by atoms with Gasteiger partial charge in [0.25, 0.3) is 5.22 Å². The molecule has 0 unspecified atom stereocenters. The molecule has 4 heterocycles. The summed E-state index contributed by atoms with van der Waals surface area (Å²) in [6.07, 6.45) is 1.18. The van der Waals surface area contributed by atoms with Crippen molar-refractivity contribution in [1.29, 1.82) is 0 Å². The summed E-state index contributed by atoms with van der Waals surface area (Å²) in [5.41, 5.74) is 0.868. The van der Waals surface area contributed by atoms with Gasteiger partial charge in [-0.05, 0) is 25.6 Å². The first-order chi connectivity index (χ1) is 12.8. The zero-order valence-electron chi connectivity index (χ0n) is 15.0. The van der Waals surface area contributed by atoms with E-state index in [2.05, 4.69) is 15.5 Å². The molecule has 0 bridgehead atoms. The Kier molecular flexibility index (Phi) is 4.36. The van der Waals surface area contributed by atoms with E-state index in [1.165, 1.54) is 4.90 Å². The predicted octanol–water partition coefficient (Wildman–Crippen LogP) is 0.691. The van der Waals surface area contributed by atoms with Gasteiger partial charge in [-0.2, -0.15) is 4.98 Å². The Labute approximate surface area is 159 Å². The highest BCUT2D eigenvalue weighted by atomic mass is 32.2. The van der Waals surface area contributed by atoms with Gasteiger partial charge >= 0.3 is 5.97 Å². The van der Waals surface area contributed by atoms with E-state index in [4.69, 9.17) is 4.52 Å². The Morgan fingerprint density at radius 1 is 1.48 bits per heavy atom. The number of aromatic nitrogens is 2. The summed E-state index contributed by atoms with van der Waals surface area (Å²) in [5.74, 6) is -1.92. The van der Waals surface area contributed by atoms with E-state index in [1.807, 2.05) is 19.9 Å². The zero-order chi connectivity index (χ0) is 19.5. The maximum absolute atomic E-state index is 12.3. The van der Waals surface area contributed by atoms with Crippen molar-refractivity contribution in [2.24, 2.45) is 11.8 Å². The summed E-state index contributed by atoms with van der Waals surface area (Å²) in [6.45, 7) is 6.06. The first-order valence-corrected chi connectivity index (χ1v) is 9.55. The number of amides is 1. The highest BCUT2D eigenvalue weighted by molar-refractivity contribution is 8.02. The van der Waals surface area contributed by atoms with Gasteiger partial charge in [0.2, 0.25) is 5.91 Å². The number of rotatable bonds is 5. The van der Waals surface area contributed by atoms with Crippen LogP contribution in [0.15, 0.2) is 26.4 Å². The number of fused-ring (bicyclic) bond motifs is 1. The minimum absolute atomic E-state index is 0.0606. The lowest BCUT2D eigenvalue weighted by Gasteiger charge is -2.46. The van der Waals surface area contributed by atoms with Crippen molar-refractivity contribution in [3.05, 3.63) is 22.5 Å². The van der Waals surface area contributed by atoms with Gasteiger partial charge in [-0.3, -0.25) is 4.79 Å². The molecule has 4 rings (SSSR count). The first-order valence-electron chi connectivity index (χ1n) is 8.74. The third-order valence-electron chi connectivity index (χ3n) is 5.27. The van der Waals surface area contributed by atoms with Gasteiger partial charge in [-0.25, -0.2) is 4.79 Å². The predicted molar refractivity (Wildman–Crippen MR) is 95.2 cm³/mol. The van der Waals surface area contributed by atoms with Crippen LogP contribution in [0, 0.1) is 11.8 Å². The Morgan fingerprint density at radius 3 is 2.81 bits per heavy atom. The molecule has 144 valence electrons. The van der Waals surface area contributed by atoms with E-state index >= 15 is 0 Å². The molecule has 3 N–H and O–H groups in total. The number of carboxylic acid groups (broad SMARTS) is 1. The second-order valence-corrected chi connectivity index (χ2v) is 8.11. The van der Waals surface area contributed by atoms with E-state index in [0.29, 0.717) is 17.3 Å². The number of thioether (sulfide) groups is 1. The third kappa shape index (κ3) is 2.79. The van der Waals surface area contributed by atoms with Crippen LogP contribution in [0.2, 0.25) is 0 Å². The van der Waals surface area contributed by atoms with Crippen molar-refractivity contribution < 1.29 is 24.3 Å². The van der Waals surface area contributed by atoms with Crippen LogP contribution in [0.1, 0.15) is 26.6 Å². The van der Waals surface area contributed by atoms with Crippen molar-refractivity contribution in [2.75, 3.05) is 6.54 Å². The highest BCUT2D eigenvalue weighted by Gasteiger charge is 2.60. The number of nitrogens with zero attached hydrogens (tertiary/aromatic N) is 3. The average molecular weight is 392 g/mol. The minimum atomic E-state index is -1.18. The molecule has 10 heteroatoms. The monoisotopic (exact) mass is 392 g/mol. The van der Waals surface area contributed by atoms with Gasteiger partial charge in [0, 0.05) is 29.0 Å². The Hall–Kier alpha value is -2.17. The molecule has 3 aliphatic heterocycles. The molecule has 5 atom stereocenters. The fourth-order valence-electron chi connectivity index (χ4n) is 3.98. The van der Waals surface area contributed by atoms with E-state index in [9.17, 15) is 19.8 Å². The summed E-state index contributed by atoms with van der Waals surface area (Å²) in [4.78, 5) is 30.3. The van der Waals surface area contributed by atoms with Crippen LogP contribution in [0.25, 0.3) is 5.57 Å². The van der Waals surface area contributed by atoms with Crippen molar-refractivity contribution in [1.82, 2.24) is 20.4 Å². The van der Waals surface area contributed by atoms with E-state index in [1.54, 1.807) is 6.92 Å². The van der Waals surface area contributed by atoms with Crippen molar-refractivity contribution in [3.8, 4) is 0 Å². The van der Waals surface area contributed by atoms with Crippen molar-refractivity contribution >= 4 is 29.2 Å². The van der Waals surface area contributed by atoms with Crippen LogP contribution < -0.4 is 5.32 Å². The smallest absolute Gasteiger partial charge is 0.353 e. The second kappa shape index (κ2) is 6.47. The molecule has 0 saturated carbocycles. The Morgan fingerprint density at radius 2 is 2.22 bits per heavy atom. The molecule has 0 radical (unpaired) electrons. The summed E-state index contributed by atoms with van der Waals surface area (Å²) < 4.78 is 5.30. The molecule has 1 amide bonds. The number of hydrogen-bond acceptors (Lipinski definition) is 8. The molecule has 9 nitrogen and oxygen atoms in total. The molecule has 1 aromatic heterocycles. The Bertz CT molecular complexity index is 876. The lowest BCUT2D eigenvalue weighted by molar-refractivity contribution is -0.163. The maximum atomic E-state index is 12.3. The molecule has 27 heavy (non-hydrogen) atoms. The number of aliphatic hydroxyl groups is 1. The van der Waals surface area contributed by atoms with Gasteiger partial charge in [0.1, 0.15) is 5.70 Å². The SMILES string of the molecule is C[C@@H]1C=C(c2noc(SC3=C(C(=O)O)N4C(=O)[C@H]([C@@H](C)O)[C@H]4[C@H]3C)n2)CN1. The van der Waals surface area contributed by atoms with E-state index < -0.39 is 18.0 Å². The fraction of sp³-hybridized carbons (Fsp3) is 0.529. The lowest BCUT2D eigenvalue weighted by Crippen LogP contribution is -2.63. The molecule has 3 aliphatic rings. The summed E-state index contributed by atoms with van der Waals surface area (Å²) >= 11 is 1.07. The highest BCUT2D eigenvalue weighted by Crippen LogP contribution is 2.51. The zero-order valence-corrected chi connectivity index (χ0v) is 15.9. The molecule has 0 spiro atoms. The molecule has 1 aromatic rings. The van der Waals surface area contributed by atoms with E-state index in [-0.39, 0.29) is 34.8 Å². The summed E-state index contributed by atoms with van der Waals surface area (Å²) in [5, 5.41) is 27.0. The maximum Gasteiger partial charge on any atom is 0.353 e. The number of hydrogen-bond donors (Lipinski definition) is 3. The number of carbonyl (C=O) groups is 2. The summed E-state index contributed by atoms with van der Waals surface area (Å²) in [7, 11) is 0. The van der Waals surface area contributed by atoms with Crippen molar-refractivity contribution in [2.45, 2.75) is 44.2 Å². The summed E-state index contributed by atoms with van der Waals surface area (Å²) in [6, 6.07) is -0.131. The van der Waals surface area contributed by atoms with Crippen LogP contribution in [-0.2, 0) is 9.59 Å². The molecular formula is C17H20N4O5S. The molecular weight excluding hydrogens is 372 g/mol. The fourth-order valence-corrected chi connectivity index (χ4v) is 4.98. The van der Waals surface area contributed by atoms with Gasteiger partial charge in [-0.1, -0.05) is 18.2 Å². The largest absolute Gasteiger partial charge is 0.477 e. The minimum Gasteiger partial charge on any atom is -0.477 e. The van der Waals surface area contributed by atoms with Crippen LogP contribution in [0.5, 0.6) is 0 Å². The van der Waals surface area contributed by atoms with Gasteiger partial charge in [0.15, 0.2) is 5.82 Å². The Balaban J connectivity index is 1.62. The van der Waals surface area contributed by atoms with Crippen molar-refractivity contribution in [3.63, 3.8) is 0 Å². The first kappa shape index (κ1) is 18.2. The quantitative estimate of drug-likeness (QED) is 0.620. The normalized spacial score (nSPS) is 31.0. The number of aliphatic hydroxyl groups excluding tert-OH is 1. The molecule has 0 aliphatic carbocycles. The third-order valence-corrected chi connectivity index (χ3v) is 6.39. The topological polar surface area (TPSA) is 129 Å². The second-order valence-electron chi connectivity index (χ2n) is 7.12. The number of nitrogens with one attached hydrogen (secondary N) is 1. The number of aliphatic carboxylic acids is 1. The average Bonchev–Trinajstić information content (AvgIpc) is 3.27.